The minimum atomic E-state index is -0.329. The third kappa shape index (κ3) is 7.12. The van der Waals surface area contributed by atoms with Crippen LogP contribution in [0.3, 0.4) is 0 Å². The second kappa shape index (κ2) is 11.7. The van der Waals surface area contributed by atoms with Gasteiger partial charge in [-0.1, -0.05) is 34.1 Å². The number of carbonyl (C=O) groups excluding carboxylic acids is 2. The first kappa shape index (κ1) is 22.3. The molecule has 2 aromatic rings. The highest BCUT2D eigenvalue weighted by Gasteiger charge is 2.18. The van der Waals surface area contributed by atoms with Crippen LogP contribution in [-0.4, -0.2) is 62.8 Å². The van der Waals surface area contributed by atoms with Crippen LogP contribution in [0.25, 0.3) is 0 Å². The molecule has 30 heavy (non-hydrogen) atoms. The van der Waals surface area contributed by atoms with Gasteiger partial charge >= 0.3 is 6.03 Å². The third-order valence-corrected chi connectivity index (χ3v) is 5.37. The molecule has 0 atom stereocenters. The van der Waals surface area contributed by atoms with Gasteiger partial charge in [0.15, 0.2) is 0 Å². The lowest BCUT2D eigenvalue weighted by molar-refractivity contribution is -0.118. The molecule has 0 aromatic heterocycles. The number of amides is 3. The number of benzene rings is 2. The molecule has 1 saturated heterocycles. The molecular formula is C22H27BrN4O3. The molecule has 3 rings (SSSR count). The van der Waals surface area contributed by atoms with Crippen molar-refractivity contribution in [2.24, 2.45) is 0 Å². The normalized spacial score (nSPS) is 14.2. The molecule has 0 aliphatic carbocycles. The van der Waals surface area contributed by atoms with Crippen LogP contribution in [0.2, 0.25) is 0 Å². The first-order chi connectivity index (χ1) is 14.6. The van der Waals surface area contributed by atoms with Crippen LogP contribution in [-0.2, 0) is 9.53 Å². The molecule has 2 aromatic carbocycles. The first-order valence-electron chi connectivity index (χ1n) is 10.1. The molecule has 0 spiro atoms. The average Bonchev–Trinajstić information content (AvgIpc) is 2.77. The van der Waals surface area contributed by atoms with Crippen molar-refractivity contribution in [3.63, 3.8) is 0 Å². The van der Waals surface area contributed by atoms with Crippen molar-refractivity contribution < 1.29 is 14.3 Å². The van der Waals surface area contributed by atoms with Crippen molar-refractivity contribution in [1.29, 1.82) is 0 Å². The maximum Gasteiger partial charge on any atom is 0.319 e. The van der Waals surface area contributed by atoms with Crippen molar-refractivity contribution in [3.05, 3.63) is 59.1 Å². The Kier molecular flexibility index (Phi) is 8.67. The number of urea groups is 1. The van der Waals surface area contributed by atoms with E-state index in [4.69, 9.17) is 4.74 Å². The molecule has 0 radical (unpaired) electrons. The lowest BCUT2D eigenvalue weighted by Crippen LogP contribution is -2.44. The van der Waals surface area contributed by atoms with Crippen molar-refractivity contribution >= 4 is 39.2 Å². The Morgan fingerprint density at radius 1 is 1.03 bits per heavy atom. The zero-order valence-corrected chi connectivity index (χ0v) is 18.4. The van der Waals surface area contributed by atoms with E-state index in [-0.39, 0.29) is 24.9 Å². The standard InChI is InChI=1S/C22H27BrN4O3/c23-18-6-8-19(9-7-18)25-22(29)24-11-10-21(28)27(20-4-2-1-3-5-20)13-12-26-14-16-30-17-15-26/h1-9H,10-17H2,(H2,24,25,29). The predicted molar refractivity (Wildman–Crippen MR) is 122 cm³/mol. The number of ether oxygens (including phenoxy) is 1. The monoisotopic (exact) mass is 474 g/mol. The summed E-state index contributed by atoms with van der Waals surface area (Å²) in [5, 5.41) is 5.51. The van der Waals surface area contributed by atoms with Gasteiger partial charge in [-0.05, 0) is 36.4 Å². The fourth-order valence-corrected chi connectivity index (χ4v) is 3.46. The number of para-hydroxylation sites is 1. The van der Waals surface area contributed by atoms with E-state index in [1.807, 2.05) is 42.5 Å². The molecule has 8 heteroatoms. The number of halogens is 1. The highest BCUT2D eigenvalue weighted by atomic mass is 79.9. The minimum Gasteiger partial charge on any atom is -0.379 e. The maximum absolute atomic E-state index is 12.9. The maximum atomic E-state index is 12.9. The summed E-state index contributed by atoms with van der Waals surface area (Å²) >= 11 is 3.36. The van der Waals surface area contributed by atoms with Crippen molar-refractivity contribution in [3.8, 4) is 0 Å². The Morgan fingerprint density at radius 3 is 2.43 bits per heavy atom. The van der Waals surface area contributed by atoms with Gasteiger partial charge in [-0.15, -0.1) is 0 Å². The van der Waals surface area contributed by atoms with Gasteiger partial charge in [0.1, 0.15) is 0 Å². The van der Waals surface area contributed by atoms with Crippen molar-refractivity contribution in [2.45, 2.75) is 6.42 Å². The lowest BCUT2D eigenvalue weighted by atomic mass is 10.2. The number of rotatable bonds is 8. The number of carbonyl (C=O) groups is 2. The van der Waals surface area contributed by atoms with Crippen LogP contribution in [0.15, 0.2) is 59.1 Å². The summed E-state index contributed by atoms with van der Waals surface area (Å²) in [4.78, 5) is 29.1. The zero-order valence-electron chi connectivity index (χ0n) is 16.9. The smallest absolute Gasteiger partial charge is 0.319 e. The molecule has 1 heterocycles. The molecule has 1 aliphatic rings. The number of morpholine rings is 1. The van der Waals surface area contributed by atoms with Gasteiger partial charge in [-0.3, -0.25) is 9.69 Å². The number of hydrogen-bond donors (Lipinski definition) is 2. The Bertz CT molecular complexity index is 811. The van der Waals surface area contributed by atoms with Crippen molar-refractivity contribution in [1.82, 2.24) is 10.2 Å². The molecular weight excluding hydrogens is 448 g/mol. The van der Waals surface area contributed by atoms with Crippen molar-refractivity contribution in [2.75, 3.05) is 56.2 Å². The first-order valence-corrected chi connectivity index (χ1v) is 10.9. The molecule has 0 saturated carbocycles. The Labute approximate surface area is 185 Å². The van der Waals surface area contributed by atoms with Gasteiger partial charge in [0, 0.05) is 55.0 Å². The Hall–Kier alpha value is -2.42. The number of nitrogens with one attached hydrogen (secondary N) is 2. The van der Waals surface area contributed by atoms with E-state index >= 15 is 0 Å². The van der Waals surface area contributed by atoms with E-state index in [0.717, 1.165) is 43.0 Å². The largest absolute Gasteiger partial charge is 0.379 e. The van der Waals surface area contributed by atoms with Gasteiger partial charge in [-0.2, -0.15) is 0 Å². The van der Waals surface area contributed by atoms with Gasteiger partial charge in [0.05, 0.1) is 13.2 Å². The minimum absolute atomic E-state index is 0.0154. The summed E-state index contributed by atoms with van der Waals surface area (Å²) < 4.78 is 6.33. The van der Waals surface area contributed by atoms with E-state index in [9.17, 15) is 9.59 Å². The number of anilines is 2. The summed E-state index contributed by atoms with van der Waals surface area (Å²) in [5.74, 6) is -0.0154. The average molecular weight is 475 g/mol. The fourth-order valence-electron chi connectivity index (χ4n) is 3.20. The van der Waals surface area contributed by atoms with E-state index in [1.54, 1.807) is 17.0 Å². The molecule has 3 amide bonds. The van der Waals surface area contributed by atoms with Gasteiger partial charge in [0.25, 0.3) is 0 Å². The van der Waals surface area contributed by atoms with E-state index in [1.165, 1.54) is 0 Å². The van der Waals surface area contributed by atoms with Gasteiger partial charge < -0.3 is 20.3 Å². The second-order valence-electron chi connectivity index (χ2n) is 6.97. The predicted octanol–water partition coefficient (Wildman–Crippen LogP) is 3.33. The van der Waals surface area contributed by atoms with E-state index in [0.29, 0.717) is 12.2 Å². The van der Waals surface area contributed by atoms with Crippen LogP contribution < -0.4 is 15.5 Å². The molecule has 0 unspecified atom stereocenters. The van der Waals surface area contributed by atoms with Crippen LogP contribution in [0.5, 0.6) is 0 Å². The summed E-state index contributed by atoms with van der Waals surface area (Å²) in [6.45, 7) is 4.90. The van der Waals surface area contributed by atoms with Crippen LogP contribution in [0.4, 0.5) is 16.2 Å². The SMILES string of the molecule is O=C(NCCC(=O)N(CCN1CCOCC1)c1ccccc1)Nc1ccc(Br)cc1. The Morgan fingerprint density at radius 2 is 1.73 bits per heavy atom. The zero-order chi connectivity index (χ0) is 21.2. The Balaban J connectivity index is 1.49. The van der Waals surface area contributed by atoms with Gasteiger partial charge in [-0.25, -0.2) is 4.79 Å². The van der Waals surface area contributed by atoms with Crippen LogP contribution in [0.1, 0.15) is 6.42 Å². The lowest BCUT2D eigenvalue weighted by Gasteiger charge is -2.30. The van der Waals surface area contributed by atoms with E-state index < -0.39 is 0 Å². The fraction of sp³-hybridized carbons (Fsp3) is 0.364. The third-order valence-electron chi connectivity index (χ3n) is 4.84. The number of hydrogen-bond acceptors (Lipinski definition) is 4. The molecule has 0 bridgehead atoms. The quantitative estimate of drug-likeness (QED) is 0.615. The second-order valence-corrected chi connectivity index (χ2v) is 7.89. The molecule has 7 nitrogen and oxygen atoms in total. The molecule has 1 fully saturated rings. The summed E-state index contributed by atoms with van der Waals surface area (Å²) in [5.41, 5.74) is 1.56. The summed E-state index contributed by atoms with van der Waals surface area (Å²) in [6, 6.07) is 16.6. The highest BCUT2D eigenvalue weighted by molar-refractivity contribution is 9.10. The van der Waals surface area contributed by atoms with E-state index in [2.05, 4.69) is 31.5 Å². The molecule has 160 valence electrons. The summed E-state index contributed by atoms with van der Waals surface area (Å²) in [6.07, 6.45) is 0.228. The molecule has 1 aliphatic heterocycles. The number of nitrogens with zero attached hydrogens (tertiary/aromatic N) is 2. The van der Waals surface area contributed by atoms with Crippen LogP contribution in [0, 0.1) is 0 Å². The molecule has 2 N–H and O–H groups in total. The van der Waals surface area contributed by atoms with Gasteiger partial charge in [0.2, 0.25) is 5.91 Å². The highest BCUT2D eigenvalue weighted by Crippen LogP contribution is 2.15. The summed E-state index contributed by atoms with van der Waals surface area (Å²) in [7, 11) is 0. The topological polar surface area (TPSA) is 73.9 Å². The van der Waals surface area contributed by atoms with Crippen LogP contribution >= 0.6 is 15.9 Å².